The summed E-state index contributed by atoms with van der Waals surface area (Å²) in [6, 6.07) is 4.14. The van der Waals surface area contributed by atoms with Crippen LogP contribution in [0.3, 0.4) is 0 Å². The van der Waals surface area contributed by atoms with Crippen molar-refractivity contribution in [1.82, 2.24) is 0 Å². The molecular weight excluding hydrogens is 313 g/mol. The summed E-state index contributed by atoms with van der Waals surface area (Å²) in [6.45, 7) is 1.85. The van der Waals surface area contributed by atoms with E-state index >= 15 is 0 Å². The average molecular weight is 326 g/mol. The van der Waals surface area contributed by atoms with Gasteiger partial charge in [0.25, 0.3) is 0 Å². The minimum atomic E-state index is -3.51. The fraction of sp³-hybridized carbons (Fsp3) is 0.400. The lowest BCUT2D eigenvalue weighted by atomic mass is 10.2. The normalized spacial score (nSPS) is 13.4. The van der Waals surface area contributed by atoms with Gasteiger partial charge in [-0.05, 0) is 12.1 Å². The molecule has 0 saturated heterocycles. The molecule has 0 bridgehead atoms. The molecule has 0 aliphatic carbocycles. The molecule has 0 radical (unpaired) electrons. The van der Waals surface area contributed by atoms with Gasteiger partial charge in [-0.15, -0.1) is 0 Å². The standard InChI is InChI=1S/C10H13BrFNO3S/c1-7(6-17(13,14)15)5-16-10-3-8(11)2-9(12)4-10/h2-4,7H,5-6H2,1H3,(H2,13,14,15). The molecular formula is C10H13BrFNO3S. The summed E-state index contributed by atoms with van der Waals surface area (Å²) >= 11 is 3.13. The predicted molar refractivity (Wildman–Crippen MR) is 66.7 cm³/mol. The van der Waals surface area contributed by atoms with Gasteiger partial charge in [0.05, 0.1) is 12.4 Å². The van der Waals surface area contributed by atoms with E-state index in [-0.39, 0.29) is 18.3 Å². The monoisotopic (exact) mass is 325 g/mol. The molecule has 0 aromatic heterocycles. The van der Waals surface area contributed by atoms with E-state index in [9.17, 15) is 12.8 Å². The first-order valence-corrected chi connectivity index (χ1v) is 7.36. The van der Waals surface area contributed by atoms with E-state index in [2.05, 4.69) is 15.9 Å². The number of nitrogens with two attached hydrogens (primary N) is 1. The first-order valence-electron chi connectivity index (χ1n) is 4.85. The Kier molecular flexibility index (Phi) is 4.91. The molecule has 2 N–H and O–H groups in total. The lowest BCUT2D eigenvalue weighted by Gasteiger charge is -2.12. The van der Waals surface area contributed by atoms with Crippen LogP contribution in [0, 0.1) is 11.7 Å². The van der Waals surface area contributed by atoms with Gasteiger partial charge in [0.2, 0.25) is 10.0 Å². The maximum absolute atomic E-state index is 13.0. The van der Waals surface area contributed by atoms with Crippen LogP contribution in [0.15, 0.2) is 22.7 Å². The van der Waals surface area contributed by atoms with Crippen molar-refractivity contribution in [2.45, 2.75) is 6.92 Å². The van der Waals surface area contributed by atoms with Crippen molar-refractivity contribution in [2.75, 3.05) is 12.4 Å². The van der Waals surface area contributed by atoms with Gasteiger partial charge in [-0.1, -0.05) is 22.9 Å². The Labute approximate surface area is 108 Å². The molecule has 0 aliphatic rings. The Morgan fingerprint density at radius 1 is 1.47 bits per heavy atom. The van der Waals surface area contributed by atoms with Crippen molar-refractivity contribution < 1.29 is 17.5 Å². The molecule has 1 aromatic carbocycles. The molecule has 1 unspecified atom stereocenters. The summed E-state index contributed by atoms with van der Waals surface area (Å²) in [5.74, 6) is -0.498. The van der Waals surface area contributed by atoms with Crippen molar-refractivity contribution in [3.8, 4) is 5.75 Å². The number of primary sulfonamides is 1. The van der Waals surface area contributed by atoms with Gasteiger partial charge in [-0.2, -0.15) is 0 Å². The second-order valence-corrected chi connectivity index (χ2v) is 6.43. The van der Waals surface area contributed by atoms with E-state index in [4.69, 9.17) is 9.88 Å². The lowest BCUT2D eigenvalue weighted by molar-refractivity contribution is 0.270. The molecule has 0 saturated carbocycles. The third-order valence-corrected chi connectivity index (χ3v) is 3.38. The van der Waals surface area contributed by atoms with Gasteiger partial charge in [0.1, 0.15) is 11.6 Å². The smallest absolute Gasteiger partial charge is 0.209 e. The molecule has 4 nitrogen and oxygen atoms in total. The number of sulfonamides is 1. The SMILES string of the molecule is CC(COc1cc(F)cc(Br)c1)CS(N)(=O)=O. The summed E-state index contributed by atoms with van der Waals surface area (Å²) in [5, 5.41) is 4.90. The van der Waals surface area contributed by atoms with Crippen LogP contribution in [0.2, 0.25) is 0 Å². The largest absolute Gasteiger partial charge is 0.493 e. The van der Waals surface area contributed by atoms with E-state index in [0.717, 1.165) is 0 Å². The molecule has 1 rings (SSSR count). The van der Waals surface area contributed by atoms with E-state index < -0.39 is 15.8 Å². The van der Waals surface area contributed by atoms with Crippen LogP contribution < -0.4 is 9.88 Å². The highest BCUT2D eigenvalue weighted by atomic mass is 79.9. The van der Waals surface area contributed by atoms with Gasteiger partial charge in [0.15, 0.2) is 0 Å². The van der Waals surface area contributed by atoms with Gasteiger partial charge in [-0.3, -0.25) is 0 Å². The van der Waals surface area contributed by atoms with Crippen molar-refractivity contribution in [1.29, 1.82) is 0 Å². The summed E-state index contributed by atoms with van der Waals surface area (Å²) in [4.78, 5) is 0. The molecule has 7 heteroatoms. The van der Waals surface area contributed by atoms with Crippen molar-refractivity contribution >= 4 is 26.0 Å². The average Bonchev–Trinajstić information content (AvgIpc) is 2.10. The maximum Gasteiger partial charge on any atom is 0.209 e. The van der Waals surface area contributed by atoms with Crippen LogP contribution >= 0.6 is 15.9 Å². The molecule has 1 atom stereocenters. The second kappa shape index (κ2) is 5.79. The summed E-state index contributed by atoms with van der Waals surface area (Å²) in [5.41, 5.74) is 0. The highest BCUT2D eigenvalue weighted by molar-refractivity contribution is 9.10. The van der Waals surface area contributed by atoms with Crippen LogP contribution in [0.4, 0.5) is 4.39 Å². The van der Waals surface area contributed by atoms with E-state index in [1.54, 1.807) is 13.0 Å². The minimum absolute atomic E-state index is 0.159. The molecule has 0 aliphatic heterocycles. The molecule has 17 heavy (non-hydrogen) atoms. The third-order valence-electron chi connectivity index (χ3n) is 1.89. The van der Waals surface area contributed by atoms with E-state index in [1.807, 2.05) is 0 Å². The number of benzene rings is 1. The predicted octanol–water partition coefficient (Wildman–Crippen LogP) is 1.89. The van der Waals surface area contributed by atoms with Crippen molar-refractivity contribution in [2.24, 2.45) is 11.1 Å². The Balaban J connectivity index is 2.55. The van der Waals surface area contributed by atoms with Crippen LogP contribution in [-0.2, 0) is 10.0 Å². The van der Waals surface area contributed by atoms with Crippen molar-refractivity contribution in [3.05, 3.63) is 28.5 Å². The Morgan fingerprint density at radius 3 is 2.65 bits per heavy atom. The van der Waals surface area contributed by atoms with Gasteiger partial charge in [0, 0.05) is 16.5 Å². The van der Waals surface area contributed by atoms with Crippen LogP contribution in [0.5, 0.6) is 5.75 Å². The zero-order chi connectivity index (χ0) is 13.1. The molecule has 0 heterocycles. The van der Waals surface area contributed by atoms with Crippen LogP contribution in [0.25, 0.3) is 0 Å². The topological polar surface area (TPSA) is 69.4 Å². The van der Waals surface area contributed by atoms with Crippen LogP contribution in [0.1, 0.15) is 6.92 Å². The van der Waals surface area contributed by atoms with E-state index in [0.29, 0.717) is 10.2 Å². The molecule has 96 valence electrons. The summed E-state index contributed by atoms with van der Waals surface area (Å²) < 4.78 is 40.5. The highest BCUT2D eigenvalue weighted by Gasteiger charge is 2.12. The van der Waals surface area contributed by atoms with E-state index in [1.165, 1.54) is 12.1 Å². The maximum atomic E-state index is 13.0. The Morgan fingerprint density at radius 2 is 2.12 bits per heavy atom. The fourth-order valence-electron chi connectivity index (χ4n) is 1.30. The second-order valence-electron chi connectivity index (χ2n) is 3.85. The third kappa shape index (κ3) is 5.99. The van der Waals surface area contributed by atoms with Gasteiger partial charge < -0.3 is 4.74 Å². The van der Waals surface area contributed by atoms with Crippen LogP contribution in [-0.4, -0.2) is 20.8 Å². The zero-order valence-electron chi connectivity index (χ0n) is 9.19. The molecule has 0 amide bonds. The molecule has 1 aromatic rings. The number of rotatable bonds is 5. The minimum Gasteiger partial charge on any atom is -0.493 e. The molecule has 0 spiro atoms. The fourth-order valence-corrected chi connectivity index (χ4v) is 2.63. The number of halogens is 2. The number of hydrogen-bond donors (Lipinski definition) is 1. The number of ether oxygens (including phenoxy) is 1. The summed E-state index contributed by atoms with van der Waals surface area (Å²) in [7, 11) is -3.51. The highest BCUT2D eigenvalue weighted by Crippen LogP contribution is 2.21. The number of hydrogen-bond acceptors (Lipinski definition) is 3. The first kappa shape index (κ1) is 14.4. The van der Waals surface area contributed by atoms with Crippen molar-refractivity contribution in [3.63, 3.8) is 0 Å². The quantitative estimate of drug-likeness (QED) is 0.898. The Bertz CT molecular complexity index is 472. The van der Waals surface area contributed by atoms with Gasteiger partial charge >= 0.3 is 0 Å². The van der Waals surface area contributed by atoms with Gasteiger partial charge in [-0.25, -0.2) is 17.9 Å². The first-order chi connectivity index (χ1) is 7.76. The molecule has 0 fully saturated rings. The summed E-state index contributed by atoms with van der Waals surface area (Å²) in [6.07, 6.45) is 0. The zero-order valence-corrected chi connectivity index (χ0v) is 11.6. The lowest BCUT2D eigenvalue weighted by Crippen LogP contribution is -2.25. The Hall–Kier alpha value is -0.660.